The van der Waals surface area contributed by atoms with E-state index < -0.39 is 36.1 Å². The minimum Gasteiger partial charge on any atom is -0.447 e. The first kappa shape index (κ1) is 27.6. The second kappa shape index (κ2) is 13.9. The minimum atomic E-state index is -1.43. The van der Waals surface area contributed by atoms with E-state index in [1.165, 1.54) is 0 Å². The van der Waals surface area contributed by atoms with E-state index in [0.29, 0.717) is 6.42 Å². The van der Waals surface area contributed by atoms with Gasteiger partial charge in [0, 0.05) is 6.04 Å². The Hall–Kier alpha value is -2.65. The number of aliphatic hydroxyl groups is 1. The Labute approximate surface area is 202 Å². The number of carbonyl (C=O) groups is 3. The molecular weight excluding hydrogens is 438 g/mol. The molecule has 1 saturated carbocycles. The number of rotatable bonds is 14. The zero-order chi connectivity index (χ0) is 25.1. The van der Waals surface area contributed by atoms with Gasteiger partial charge < -0.3 is 30.5 Å². The van der Waals surface area contributed by atoms with Crippen molar-refractivity contribution in [3.05, 3.63) is 35.9 Å². The van der Waals surface area contributed by atoms with Gasteiger partial charge in [0.25, 0.3) is 5.91 Å². The molecule has 3 amide bonds. The van der Waals surface area contributed by atoms with Gasteiger partial charge >= 0.3 is 6.09 Å². The van der Waals surface area contributed by atoms with Crippen molar-refractivity contribution in [2.75, 3.05) is 13.2 Å². The molecule has 1 aromatic rings. The van der Waals surface area contributed by atoms with E-state index >= 15 is 0 Å². The number of benzene rings is 1. The van der Waals surface area contributed by atoms with E-state index in [4.69, 9.17) is 9.47 Å². The molecule has 190 valence electrons. The number of aliphatic hydroxyl groups excluding tert-OH is 1. The third-order valence-corrected chi connectivity index (χ3v) is 5.28. The zero-order valence-corrected chi connectivity index (χ0v) is 20.6. The Morgan fingerprint density at radius 2 is 1.68 bits per heavy atom. The van der Waals surface area contributed by atoms with Crippen molar-refractivity contribution in [1.29, 1.82) is 0 Å². The topological polar surface area (TPSA) is 126 Å². The molecule has 3 unspecified atom stereocenters. The number of hydrogen-bond donors (Lipinski definition) is 4. The lowest BCUT2D eigenvalue weighted by Crippen LogP contribution is -2.56. The standard InChI is InChI=1S/C25H39N3O6/c1-16(2)14-21(28-25(32)34-13-12-33-17(3)4)23(30)27-20(15-18-8-6-5-7-9-18)22(29)24(31)26-19-10-11-19/h5-9,16-17,19-22,29H,10-15H2,1-4H3,(H,26,31)(H,27,30)(H,28,32). The van der Waals surface area contributed by atoms with Crippen LogP contribution in [0.1, 0.15) is 52.5 Å². The molecule has 34 heavy (non-hydrogen) atoms. The molecule has 0 heterocycles. The van der Waals surface area contributed by atoms with Gasteiger partial charge in [0.05, 0.1) is 18.8 Å². The third-order valence-electron chi connectivity index (χ3n) is 5.28. The van der Waals surface area contributed by atoms with Crippen LogP contribution in [0.15, 0.2) is 30.3 Å². The molecule has 0 saturated heterocycles. The molecule has 9 nitrogen and oxygen atoms in total. The molecule has 1 aromatic carbocycles. The van der Waals surface area contributed by atoms with Gasteiger partial charge in [0.15, 0.2) is 6.10 Å². The lowest BCUT2D eigenvalue weighted by Gasteiger charge is -2.27. The first-order valence-electron chi connectivity index (χ1n) is 12.0. The molecule has 0 spiro atoms. The van der Waals surface area contributed by atoms with E-state index in [1.54, 1.807) is 0 Å². The van der Waals surface area contributed by atoms with E-state index in [1.807, 2.05) is 58.0 Å². The highest BCUT2D eigenvalue weighted by atomic mass is 16.6. The van der Waals surface area contributed by atoms with Crippen molar-refractivity contribution in [1.82, 2.24) is 16.0 Å². The van der Waals surface area contributed by atoms with Crippen molar-refractivity contribution in [2.24, 2.45) is 5.92 Å². The number of carbonyl (C=O) groups excluding carboxylic acids is 3. The van der Waals surface area contributed by atoms with Crippen molar-refractivity contribution >= 4 is 17.9 Å². The molecule has 0 bridgehead atoms. The lowest BCUT2D eigenvalue weighted by atomic mass is 9.98. The molecule has 1 aliphatic carbocycles. The minimum absolute atomic E-state index is 0.0243. The highest BCUT2D eigenvalue weighted by Gasteiger charge is 2.34. The molecular formula is C25H39N3O6. The van der Waals surface area contributed by atoms with Crippen LogP contribution in [0.2, 0.25) is 0 Å². The number of ether oxygens (including phenoxy) is 2. The van der Waals surface area contributed by atoms with Crippen molar-refractivity contribution < 1.29 is 29.0 Å². The summed E-state index contributed by atoms with van der Waals surface area (Å²) < 4.78 is 10.5. The SMILES string of the molecule is CC(C)CC(NC(=O)OCCOC(C)C)C(=O)NC(Cc1ccccc1)C(O)C(=O)NC1CC1. The fourth-order valence-electron chi connectivity index (χ4n) is 3.39. The van der Waals surface area contributed by atoms with Gasteiger partial charge in [-0.25, -0.2) is 4.79 Å². The number of nitrogens with one attached hydrogen (secondary N) is 3. The normalized spacial score (nSPS) is 16.0. The number of alkyl carbamates (subject to hydrolysis) is 1. The first-order chi connectivity index (χ1) is 16.2. The summed E-state index contributed by atoms with van der Waals surface area (Å²) >= 11 is 0. The maximum Gasteiger partial charge on any atom is 0.407 e. The lowest BCUT2D eigenvalue weighted by molar-refractivity contribution is -0.132. The number of hydrogen-bond acceptors (Lipinski definition) is 6. The van der Waals surface area contributed by atoms with Gasteiger partial charge in [-0.3, -0.25) is 9.59 Å². The van der Waals surface area contributed by atoms with Crippen molar-refractivity contribution in [3.63, 3.8) is 0 Å². The fraction of sp³-hybridized carbons (Fsp3) is 0.640. The van der Waals surface area contributed by atoms with Crippen LogP contribution >= 0.6 is 0 Å². The molecule has 1 fully saturated rings. The summed E-state index contributed by atoms with van der Waals surface area (Å²) in [5, 5.41) is 18.9. The quantitative estimate of drug-likeness (QED) is 0.303. The summed E-state index contributed by atoms with van der Waals surface area (Å²) in [5.74, 6) is -0.888. The highest BCUT2D eigenvalue weighted by molar-refractivity contribution is 5.87. The first-order valence-corrected chi connectivity index (χ1v) is 12.0. The predicted molar refractivity (Wildman–Crippen MR) is 128 cm³/mol. The van der Waals surface area contributed by atoms with Crippen LogP contribution in [0.25, 0.3) is 0 Å². The maximum atomic E-state index is 13.1. The summed E-state index contributed by atoms with van der Waals surface area (Å²) in [7, 11) is 0. The average molecular weight is 478 g/mol. The Bertz CT molecular complexity index is 782. The Morgan fingerprint density at radius 3 is 2.26 bits per heavy atom. The van der Waals surface area contributed by atoms with Crippen molar-refractivity contribution in [3.8, 4) is 0 Å². The molecule has 3 atom stereocenters. The molecule has 0 radical (unpaired) electrons. The molecule has 9 heteroatoms. The third kappa shape index (κ3) is 10.5. The van der Waals surface area contributed by atoms with Gasteiger partial charge in [-0.05, 0) is 51.0 Å². The van der Waals surface area contributed by atoms with E-state index in [2.05, 4.69) is 16.0 Å². The van der Waals surface area contributed by atoms with E-state index in [-0.39, 0.29) is 37.7 Å². The summed E-state index contributed by atoms with van der Waals surface area (Å²) in [6.07, 6.45) is 0.279. The summed E-state index contributed by atoms with van der Waals surface area (Å²) in [5.41, 5.74) is 0.865. The Morgan fingerprint density at radius 1 is 1.00 bits per heavy atom. The Kier molecular flexibility index (Phi) is 11.3. The second-order valence-corrected chi connectivity index (χ2v) is 9.41. The van der Waals surface area contributed by atoms with Crippen LogP contribution < -0.4 is 16.0 Å². The van der Waals surface area contributed by atoms with Crippen LogP contribution in [0.3, 0.4) is 0 Å². The van der Waals surface area contributed by atoms with Crippen LogP contribution in [0.4, 0.5) is 4.79 Å². The van der Waals surface area contributed by atoms with Crippen LogP contribution in [0.5, 0.6) is 0 Å². The molecule has 0 aliphatic heterocycles. The zero-order valence-electron chi connectivity index (χ0n) is 20.6. The molecule has 0 aromatic heterocycles. The predicted octanol–water partition coefficient (Wildman–Crippen LogP) is 1.92. The monoisotopic (exact) mass is 477 g/mol. The van der Waals surface area contributed by atoms with Crippen molar-refractivity contribution in [2.45, 2.75) is 83.7 Å². The molecule has 4 N–H and O–H groups in total. The van der Waals surface area contributed by atoms with Gasteiger partial charge in [0.1, 0.15) is 12.6 Å². The van der Waals surface area contributed by atoms with Crippen LogP contribution in [-0.4, -0.2) is 66.6 Å². The molecule has 2 rings (SSSR count). The molecule has 1 aliphatic rings. The smallest absolute Gasteiger partial charge is 0.407 e. The average Bonchev–Trinajstić information content (AvgIpc) is 3.59. The summed E-state index contributed by atoms with van der Waals surface area (Å²) in [4.78, 5) is 37.9. The van der Waals surface area contributed by atoms with Crippen LogP contribution in [-0.2, 0) is 25.5 Å². The second-order valence-electron chi connectivity index (χ2n) is 9.41. The number of amides is 3. The highest BCUT2D eigenvalue weighted by Crippen LogP contribution is 2.19. The van der Waals surface area contributed by atoms with Crippen LogP contribution in [0, 0.1) is 5.92 Å². The summed E-state index contributed by atoms with van der Waals surface area (Å²) in [6.45, 7) is 7.96. The maximum absolute atomic E-state index is 13.1. The Balaban J connectivity index is 2.04. The van der Waals surface area contributed by atoms with E-state index in [9.17, 15) is 19.5 Å². The fourth-order valence-corrected chi connectivity index (χ4v) is 3.39. The summed E-state index contributed by atoms with van der Waals surface area (Å²) in [6, 6.07) is 7.65. The van der Waals surface area contributed by atoms with Gasteiger partial charge in [0.2, 0.25) is 5.91 Å². The van der Waals surface area contributed by atoms with Gasteiger partial charge in [-0.2, -0.15) is 0 Å². The van der Waals surface area contributed by atoms with Gasteiger partial charge in [-0.1, -0.05) is 44.2 Å². The largest absolute Gasteiger partial charge is 0.447 e. The van der Waals surface area contributed by atoms with Gasteiger partial charge in [-0.15, -0.1) is 0 Å². The van der Waals surface area contributed by atoms with E-state index in [0.717, 1.165) is 18.4 Å².